The third-order valence-corrected chi connectivity index (χ3v) is 11.3. The summed E-state index contributed by atoms with van der Waals surface area (Å²) in [6.07, 6.45) is -3.86. The summed E-state index contributed by atoms with van der Waals surface area (Å²) >= 11 is 10.7. The van der Waals surface area contributed by atoms with Gasteiger partial charge in [0.2, 0.25) is 5.78 Å². The summed E-state index contributed by atoms with van der Waals surface area (Å²) in [4.78, 5) is 71.5. The molecule has 16 N–H and O–H groups in total. The predicted molar refractivity (Wildman–Crippen MR) is 221 cm³/mol. The number of hydrogen-bond acceptors (Lipinski definition) is 16. The molecule has 6 rings (SSSR count). The third-order valence-electron chi connectivity index (χ3n) is 10.9. The molecule has 26 heteroatoms. The molecular weight excluding hydrogens is 1080 g/mol. The van der Waals surface area contributed by atoms with Gasteiger partial charge in [-0.25, -0.2) is 4.79 Å². The van der Waals surface area contributed by atoms with Gasteiger partial charge in [-0.05, 0) is 32.3 Å². The first-order chi connectivity index (χ1) is 28.8. The summed E-state index contributed by atoms with van der Waals surface area (Å²) in [5.74, 6) is -5.63. The molecule has 2 fully saturated rings. The first kappa shape index (κ1) is 57.9. The standard InChI is InChI=1S/C27H29NO11.C6H8O4.C5H11Cl2N3O2.2H2N.Pt/c1-10-22(31)13(28)6-17(38-10)39-15-8-27(36,16(30)9-29)7-12-19(15)26(35)21-20(24(12)33)23(32)11-4-3-5-14(37-2)18(11)25(21)34;7-4(8)6(5(9)10)2-1-3-6;6-1-3-8-5(11)10(9-12)4-2-7;;;/h3-5,10,13,15,17,22,29,31,33,35-36H,6-9,28H2,1-2H3;1-3H2,(H,7,8)(H,9,10);1-4,9H2,(H,8,11);2*1H2;/q;;;2*-1;+2/t10?,13?,15-,17?,22?,27-;;;;;/m0...../s1. The normalized spacial score (nSPS) is 23.3. The fourth-order valence-electron chi connectivity index (χ4n) is 7.35. The van der Waals surface area contributed by atoms with Crippen LogP contribution in [-0.4, -0.2) is 145 Å². The summed E-state index contributed by atoms with van der Waals surface area (Å²) in [7, 11) is 1.32. The number of nitrogens with one attached hydrogen (secondary N) is 1. The first-order valence-corrected chi connectivity index (χ1v) is 19.9. The van der Waals surface area contributed by atoms with E-state index in [0.717, 1.165) is 5.01 Å². The Kier molecular flexibility index (Phi) is 22.1. The zero-order chi connectivity index (χ0) is 45.6. The number of benzene rings is 2. The summed E-state index contributed by atoms with van der Waals surface area (Å²) in [6.45, 7) is 1.11. The van der Waals surface area contributed by atoms with E-state index in [1.165, 1.54) is 25.3 Å². The molecule has 4 unspecified atom stereocenters. The Hall–Kier alpha value is -4.07. The third kappa shape index (κ3) is 11.7. The number of rotatable bonds is 12. The number of aliphatic hydroxyl groups excluding tert-OH is 2. The molecule has 1 heterocycles. The smallest absolute Gasteiger partial charge is 0.693 e. The van der Waals surface area contributed by atoms with Crippen molar-refractivity contribution in [2.24, 2.45) is 11.1 Å². The van der Waals surface area contributed by atoms with Crippen molar-refractivity contribution in [1.82, 2.24) is 10.3 Å². The minimum absolute atomic E-state index is 0. The van der Waals surface area contributed by atoms with Gasteiger partial charge < -0.3 is 78.5 Å². The number of aliphatic hydroxyl groups is 3. The zero-order valence-corrected chi connectivity index (χ0v) is 38.2. The van der Waals surface area contributed by atoms with Crippen LogP contribution in [0.4, 0.5) is 4.79 Å². The Morgan fingerprint density at radius 3 is 2.11 bits per heavy atom. The fraction of sp³-hybridized carbons (Fsp3) is 0.526. The van der Waals surface area contributed by atoms with Crippen LogP contribution < -0.4 is 21.4 Å². The molecule has 3 aliphatic carbocycles. The number of halogens is 2. The molecule has 2 aromatic rings. The minimum atomic E-state index is -2.24. The zero-order valence-electron chi connectivity index (χ0n) is 34.4. The van der Waals surface area contributed by atoms with E-state index in [1.54, 1.807) is 6.92 Å². The number of methoxy groups -OCH3 is 1. The number of phenols is 2. The largest absolute Gasteiger partial charge is 2.00 e. The first-order valence-electron chi connectivity index (χ1n) is 18.9. The Morgan fingerprint density at radius 1 is 1.03 bits per heavy atom. The molecular formula is C38H52Cl2N6O17Pt. The number of nitrogens with two attached hydrogens (primary N) is 4. The van der Waals surface area contributed by atoms with E-state index < -0.39 is 119 Å². The number of hydrogen-bond donors (Lipinski definition) is 10. The van der Waals surface area contributed by atoms with Crippen LogP contribution in [0.1, 0.15) is 88.1 Å². The minimum Gasteiger partial charge on any atom is -0.693 e. The number of fused-ring (bicyclic) bond motifs is 3. The number of ether oxygens (including phenoxy) is 3. The average molecular weight is 1130 g/mol. The van der Waals surface area contributed by atoms with Gasteiger partial charge in [0.25, 0.3) is 0 Å². The summed E-state index contributed by atoms with van der Waals surface area (Å²) < 4.78 is 17.0. The van der Waals surface area contributed by atoms with E-state index in [1.807, 2.05) is 0 Å². The van der Waals surface area contributed by atoms with Gasteiger partial charge in [0, 0.05) is 60.3 Å². The van der Waals surface area contributed by atoms with Crippen LogP contribution in [0.3, 0.4) is 0 Å². The van der Waals surface area contributed by atoms with E-state index in [-0.39, 0.29) is 93.1 Å². The van der Waals surface area contributed by atoms with Crippen molar-refractivity contribution in [2.75, 3.05) is 38.6 Å². The van der Waals surface area contributed by atoms with Crippen LogP contribution >= 0.6 is 23.2 Å². The molecule has 0 aromatic heterocycles. The molecule has 1 saturated carbocycles. The SMILES string of the molecule is COc1cccc2c1C(=O)c1c(O)c3c(c(O)c1C2=O)C[C@@](O)(C(=O)CO)C[C@@H]3OC1CC(N)C(O)C(C)O1.O=C(NCCCl)N(CCCl)[NH2+][O-].O=C(O)C1(C(=O)O)CCC1.[NH2-].[NH2-].[Pt+2]. The van der Waals surface area contributed by atoms with Gasteiger partial charge in [-0.3, -0.25) is 29.6 Å². The number of urea groups is 1. The summed E-state index contributed by atoms with van der Waals surface area (Å²) in [5.41, 5.74) is 1.37. The van der Waals surface area contributed by atoms with Crippen molar-refractivity contribution < 1.29 is 105 Å². The molecule has 6 atom stereocenters. The second kappa shape index (κ2) is 24.5. The number of Topliss-reactive ketones (excluding diaryl/α,β-unsaturated/α-hetero) is 1. The summed E-state index contributed by atoms with van der Waals surface area (Å²) in [5, 5.41) is 84.3. The van der Waals surface area contributed by atoms with Gasteiger partial charge in [0.05, 0.1) is 48.7 Å². The molecule has 2 aromatic carbocycles. The van der Waals surface area contributed by atoms with E-state index >= 15 is 0 Å². The van der Waals surface area contributed by atoms with E-state index in [2.05, 4.69) is 5.32 Å². The van der Waals surface area contributed by atoms with Crippen LogP contribution in [0, 0.1) is 10.6 Å². The van der Waals surface area contributed by atoms with Crippen molar-refractivity contribution in [3.8, 4) is 17.2 Å². The topological polar surface area (TPSA) is 420 Å². The number of ketones is 3. The van der Waals surface area contributed by atoms with Crippen LogP contribution in [-0.2, 0) is 51.3 Å². The average Bonchev–Trinajstić information content (AvgIpc) is 3.20. The number of quaternary nitrogens is 1. The maximum Gasteiger partial charge on any atom is 2.00 e. The molecule has 2 amide bonds. The van der Waals surface area contributed by atoms with E-state index in [9.17, 15) is 59.5 Å². The molecule has 4 aliphatic rings. The molecule has 1 aliphatic heterocycles. The van der Waals surface area contributed by atoms with Gasteiger partial charge in [-0.2, -0.15) is 5.01 Å². The number of nitrogens with zero attached hydrogens (tertiary/aromatic N) is 1. The predicted octanol–water partition coefficient (Wildman–Crippen LogP) is 1.21. The van der Waals surface area contributed by atoms with Crippen LogP contribution in [0.5, 0.6) is 17.2 Å². The van der Waals surface area contributed by atoms with Gasteiger partial charge in [-0.15, -0.1) is 23.2 Å². The number of aliphatic carboxylic acids is 2. The fourth-order valence-corrected chi connectivity index (χ4v) is 7.63. The second-order valence-electron chi connectivity index (χ2n) is 14.6. The molecule has 0 radical (unpaired) electrons. The van der Waals surface area contributed by atoms with Crippen LogP contribution in [0.25, 0.3) is 12.3 Å². The number of carboxylic acid groups (broad SMARTS) is 2. The number of amides is 2. The maximum atomic E-state index is 13.6. The van der Waals surface area contributed by atoms with Crippen molar-refractivity contribution in [1.29, 1.82) is 0 Å². The Bertz CT molecular complexity index is 2000. The van der Waals surface area contributed by atoms with Gasteiger partial charge in [0.15, 0.2) is 23.3 Å². The number of phenolic OH excluding ortho intramolecular Hbond substituents is 2. The van der Waals surface area contributed by atoms with Crippen molar-refractivity contribution in [3.05, 3.63) is 69.1 Å². The van der Waals surface area contributed by atoms with Crippen molar-refractivity contribution in [2.45, 2.75) is 81.7 Å². The number of aromatic hydroxyl groups is 2. The molecule has 64 heavy (non-hydrogen) atoms. The Balaban J connectivity index is 0.000000677. The van der Waals surface area contributed by atoms with Crippen molar-refractivity contribution >= 4 is 58.5 Å². The van der Waals surface area contributed by atoms with Gasteiger partial charge in [0.1, 0.15) is 29.5 Å². The molecule has 23 nitrogen and oxygen atoms in total. The summed E-state index contributed by atoms with van der Waals surface area (Å²) in [6, 6.07) is 3.17. The molecule has 1 saturated heterocycles. The van der Waals surface area contributed by atoms with Gasteiger partial charge in [-0.1, -0.05) is 12.1 Å². The van der Waals surface area contributed by atoms with E-state index in [0.29, 0.717) is 24.4 Å². The maximum absolute atomic E-state index is 13.6. The number of carboxylic acids is 2. The van der Waals surface area contributed by atoms with Crippen LogP contribution in [0.15, 0.2) is 18.2 Å². The van der Waals surface area contributed by atoms with Gasteiger partial charge >= 0.3 is 39.0 Å². The van der Waals surface area contributed by atoms with E-state index in [4.69, 9.17) is 53.4 Å². The number of carbonyl (C=O) groups is 6. The number of alkyl halides is 2. The van der Waals surface area contributed by atoms with Crippen LogP contribution in [0.2, 0.25) is 0 Å². The second-order valence-corrected chi connectivity index (χ2v) is 15.4. The molecule has 0 bridgehead atoms. The monoisotopic (exact) mass is 1130 g/mol. The number of carbonyl (C=O) groups excluding carboxylic acids is 4. The van der Waals surface area contributed by atoms with Crippen molar-refractivity contribution in [3.63, 3.8) is 0 Å². The molecule has 0 spiro atoms. The molecule has 360 valence electrons. The Morgan fingerprint density at radius 2 is 1.64 bits per heavy atom. The quantitative estimate of drug-likeness (QED) is 0.0304. The Labute approximate surface area is 390 Å².